The average molecular weight is 376 g/mol. The molecule has 0 unspecified atom stereocenters. The Hall–Kier alpha value is 0.274. The summed E-state index contributed by atoms with van der Waals surface area (Å²) < 4.78 is 13.4. The molecule has 1 aliphatic rings. The van der Waals surface area contributed by atoms with E-state index in [0.717, 1.165) is 6.42 Å². The van der Waals surface area contributed by atoms with Crippen molar-refractivity contribution in [2.45, 2.75) is 102 Å². The highest BCUT2D eigenvalue weighted by molar-refractivity contribution is 6.74. The first-order valence-corrected chi connectivity index (χ1v) is 15.1. The van der Waals surface area contributed by atoms with Crippen molar-refractivity contribution in [2.75, 3.05) is 6.61 Å². The number of hydrogen-bond donors (Lipinski definition) is 2. The van der Waals surface area contributed by atoms with Gasteiger partial charge in [0, 0.05) is 18.6 Å². The van der Waals surface area contributed by atoms with Gasteiger partial charge in [-0.1, -0.05) is 41.5 Å². The molecule has 0 heterocycles. The molecule has 0 spiro atoms. The molecule has 4 nitrogen and oxygen atoms in total. The van der Waals surface area contributed by atoms with Crippen LogP contribution in [0.25, 0.3) is 0 Å². The minimum absolute atomic E-state index is 0.0638. The van der Waals surface area contributed by atoms with Gasteiger partial charge in [-0.05, 0) is 42.7 Å². The summed E-state index contributed by atoms with van der Waals surface area (Å²) in [6.07, 6.45) is 0.562. The third-order valence-electron chi connectivity index (χ3n) is 6.49. The molecule has 0 aromatic rings. The standard InChI is InChI=1S/C18H41NO3Si2/c1-17(2,3)23(7,8)21-15-13(12-20)11-14(19)16(15)22-24(9,10)18(4,5)6/h13-16,20H,11-12,19H2,1-10H3/t13-,14-,15-,16+/m1/s1. The van der Waals surface area contributed by atoms with E-state index in [9.17, 15) is 5.11 Å². The first-order chi connectivity index (χ1) is 10.5. The molecule has 4 atom stereocenters. The number of aliphatic hydroxyl groups excluding tert-OH is 1. The Labute approximate surface area is 151 Å². The maximum Gasteiger partial charge on any atom is 0.192 e. The van der Waals surface area contributed by atoms with Crippen molar-refractivity contribution in [3.63, 3.8) is 0 Å². The second kappa shape index (κ2) is 7.12. The van der Waals surface area contributed by atoms with E-state index in [0.29, 0.717) is 0 Å². The lowest BCUT2D eigenvalue weighted by atomic mass is 10.1. The maximum atomic E-state index is 9.87. The van der Waals surface area contributed by atoms with Crippen LogP contribution in [0.5, 0.6) is 0 Å². The van der Waals surface area contributed by atoms with Gasteiger partial charge < -0.3 is 19.7 Å². The summed E-state index contributed by atoms with van der Waals surface area (Å²) in [6, 6.07) is -0.0638. The van der Waals surface area contributed by atoms with Gasteiger partial charge >= 0.3 is 0 Å². The van der Waals surface area contributed by atoms with Crippen LogP contribution in [0.1, 0.15) is 48.0 Å². The second-order valence-corrected chi connectivity index (χ2v) is 20.0. The van der Waals surface area contributed by atoms with E-state index in [4.69, 9.17) is 14.6 Å². The van der Waals surface area contributed by atoms with Gasteiger partial charge in [0.25, 0.3) is 0 Å². The SMILES string of the molecule is CC(C)(C)[Si](C)(C)O[C@@H]1[C@@H](CO)C[C@@H](N)[C@@H]1O[Si](C)(C)C(C)(C)C. The van der Waals surface area contributed by atoms with E-state index in [1.54, 1.807) is 0 Å². The van der Waals surface area contributed by atoms with Crippen molar-refractivity contribution in [3.8, 4) is 0 Å². The lowest BCUT2D eigenvalue weighted by molar-refractivity contribution is 0.0173. The topological polar surface area (TPSA) is 64.7 Å². The van der Waals surface area contributed by atoms with Crippen molar-refractivity contribution < 1.29 is 14.0 Å². The molecule has 0 aliphatic heterocycles. The molecule has 144 valence electrons. The first kappa shape index (κ1) is 22.3. The van der Waals surface area contributed by atoms with E-state index >= 15 is 0 Å². The highest BCUT2D eigenvalue weighted by Gasteiger charge is 2.51. The Balaban J connectivity index is 3.08. The van der Waals surface area contributed by atoms with E-state index in [1.807, 2.05) is 0 Å². The quantitative estimate of drug-likeness (QED) is 0.710. The molecule has 0 aromatic carbocycles. The van der Waals surface area contributed by atoms with Crippen LogP contribution < -0.4 is 5.73 Å². The predicted octanol–water partition coefficient (Wildman–Crippen LogP) is 4.11. The van der Waals surface area contributed by atoms with Crippen molar-refractivity contribution in [1.29, 1.82) is 0 Å². The smallest absolute Gasteiger partial charge is 0.192 e. The molecule has 1 rings (SSSR count). The van der Waals surface area contributed by atoms with Crippen molar-refractivity contribution in [2.24, 2.45) is 11.7 Å². The molecule has 0 radical (unpaired) electrons. The summed E-state index contributed by atoms with van der Waals surface area (Å²) in [5.41, 5.74) is 6.44. The van der Waals surface area contributed by atoms with Crippen LogP contribution in [0.4, 0.5) is 0 Å². The summed E-state index contributed by atoms with van der Waals surface area (Å²) in [5.74, 6) is 0.0730. The molecule has 1 aliphatic carbocycles. The maximum absolute atomic E-state index is 9.87. The van der Waals surface area contributed by atoms with Gasteiger partial charge in [0.2, 0.25) is 0 Å². The fraction of sp³-hybridized carbons (Fsp3) is 1.00. The number of nitrogens with two attached hydrogens (primary N) is 1. The van der Waals surface area contributed by atoms with E-state index in [1.165, 1.54) is 0 Å². The largest absolute Gasteiger partial charge is 0.411 e. The number of rotatable bonds is 5. The van der Waals surface area contributed by atoms with Crippen LogP contribution in [0.15, 0.2) is 0 Å². The summed E-state index contributed by atoms with van der Waals surface area (Å²) in [6.45, 7) is 22.6. The van der Waals surface area contributed by atoms with Gasteiger partial charge in [0.15, 0.2) is 16.6 Å². The highest BCUT2D eigenvalue weighted by Crippen LogP contribution is 2.44. The third-order valence-corrected chi connectivity index (χ3v) is 15.4. The molecule has 0 bridgehead atoms. The fourth-order valence-electron chi connectivity index (χ4n) is 2.66. The van der Waals surface area contributed by atoms with Gasteiger partial charge in [0.1, 0.15) is 0 Å². The van der Waals surface area contributed by atoms with E-state index < -0.39 is 16.6 Å². The van der Waals surface area contributed by atoms with E-state index in [2.05, 4.69) is 67.7 Å². The molecular weight excluding hydrogens is 334 g/mol. The van der Waals surface area contributed by atoms with Gasteiger partial charge in [-0.2, -0.15) is 0 Å². The number of aliphatic hydroxyl groups is 1. The molecule has 3 N–H and O–H groups in total. The minimum Gasteiger partial charge on any atom is -0.411 e. The van der Waals surface area contributed by atoms with Crippen LogP contribution in [-0.2, 0) is 8.85 Å². The van der Waals surface area contributed by atoms with Crippen LogP contribution in [0.3, 0.4) is 0 Å². The Morgan fingerprint density at radius 3 is 1.58 bits per heavy atom. The minimum atomic E-state index is -1.95. The van der Waals surface area contributed by atoms with Crippen LogP contribution in [0.2, 0.25) is 36.3 Å². The van der Waals surface area contributed by atoms with Gasteiger partial charge in [0.05, 0.1) is 12.2 Å². The highest BCUT2D eigenvalue weighted by atomic mass is 28.4. The Morgan fingerprint density at radius 2 is 1.25 bits per heavy atom. The zero-order chi connectivity index (χ0) is 19.1. The molecule has 0 aromatic heterocycles. The zero-order valence-corrected chi connectivity index (χ0v) is 19.6. The first-order valence-electron chi connectivity index (χ1n) is 9.25. The second-order valence-electron chi connectivity index (χ2n) is 10.5. The van der Waals surface area contributed by atoms with Crippen molar-refractivity contribution in [1.82, 2.24) is 0 Å². The zero-order valence-electron chi connectivity index (χ0n) is 17.6. The van der Waals surface area contributed by atoms with E-state index in [-0.39, 0.29) is 40.9 Å². The summed E-state index contributed by atoms with van der Waals surface area (Å²) >= 11 is 0. The molecule has 0 amide bonds. The lowest BCUT2D eigenvalue weighted by Crippen LogP contribution is -2.54. The fourth-order valence-corrected chi connectivity index (χ4v) is 5.36. The Kier molecular flexibility index (Phi) is 6.62. The van der Waals surface area contributed by atoms with Crippen molar-refractivity contribution >= 4 is 16.6 Å². The Morgan fingerprint density at radius 1 is 0.875 bits per heavy atom. The third kappa shape index (κ3) is 4.71. The normalized spacial score (nSPS) is 30.0. The predicted molar refractivity (Wildman–Crippen MR) is 107 cm³/mol. The molecule has 1 saturated carbocycles. The molecular formula is C18H41NO3Si2. The Bertz CT molecular complexity index is 427. The molecule has 24 heavy (non-hydrogen) atoms. The van der Waals surface area contributed by atoms with Crippen LogP contribution >= 0.6 is 0 Å². The average Bonchev–Trinajstić information content (AvgIpc) is 2.63. The van der Waals surface area contributed by atoms with Crippen molar-refractivity contribution in [3.05, 3.63) is 0 Å². The molecule has 6 heteroatoms. The van der Waals surface area contributed by atoms with Crippen LogP contribution in [-0.4, -0.2) is 46.6 Å². The van der Waals surface area contributed by atoms with Crippen LogP contribution in [0, 0.1) is 5.92 Å². The lowest BCUT2D eigenvalue weighted by Gasteiger charge is -2.44. The summed E-state index contributed by atoms with van der Waals surface area (Å²) in [7, 11) is -3.90. The number of hydrogen-bond acceptors (Lipinski definition) is 4. The summed E-state index contributed by atoms with van der Waals surface area (Å²) in [5, 5.41) is 10.1. The monoisotopic (exact) mass is 375 g/mol. The molecule has 0 saturated heterocycles. The van der Waals surface area contributed by atoms with Gasteiger partial charge in [-0.3, -0.25) is 0 Å². The van der Waals surface area contributed by atoms with Gasteiger partial charge in [-0.15, -0.1) is 0 Å². The molecule has 1 fully saturated rings. The van der Waals surface area contributed by atoms with Gasteiger partial charge in [-0.25, -0.2) is 0 Å². The summed E-state index contributed by atoms with van der Waals surface area (Å²) in [4.78, 5) is 0.